The monoisotopic (exact) mass is 288 g/mol. The summed E-state index contributed by atoms with van der Waals surface area (Å²) in [6.45, 7) is -0.101. The maximum absolute atomic E-state index is 9.33. The first-order valence-electron chi connectivity index (χ1n) is 5.90. The highest BCUT2D eigenvalue weighted by Gasteiger charge is 2.12. The highest BCUT2D eigenvalue weighted by Crippen LogP contribution is 2.32. The molecule has 3 aromatic rings. The Morgan fingerprint density at radius 1 is 1.25 bits per heavy atom. The summed E-state index contributed by atoms with van der Waals surface area (Å²) in [5.41, 5.74) is 3.11. The molecule has 0 unspecified atom stereocenters. The van der Waals surface area contributed by atoms with Crippen molar-refractivity contribution in [2.24, 2.45) is 5.84 Å². The van der Waals surface area contributed by atoms with Crippen LogP contribution in [0.25, 0.3) is 10.2 Å². The molecule has 0 atom stereocenters. The van der Waals surface area contributed by atoms with Crippen molar-refractivity contribution >= 4 is 27.5 Å². The Morgan fingerprint density at radius 3 is 2.90 bits per heavy atom. The van der Waals surface area contributed by atoms with Gasteiger partial charge in [0.05, 0.1) is 12.0 Å². The molecule has 2 aromatic heterocycles. The minimum absolute atomic E-state index is 0.101. The molecule has 0 spiro atoms. The van der Waals surface area contributed by atoms with Crippen LogP contribution in [0, 0.1) is 0 Å². The lowest BCUT2D eigenvalue weighted by atomic mass is 10.2. The van der Waals surface area contributed by atoms with Crippen molar-refractivity contribution in [3.63, 3.8) is 0 Å². The number of aliphatic hydroxyl groups excluding tert-OH is 1. The van der Waals surface area contributed by atoms with E-state index in [1.165, 1.54) is 11.3 Å². The van der Waals surface area contributed by atoms with E-state index in [0.717, 1.165) is 10.2 Å². The van der Waals surface area contributed by atoms with Crippen LogP contribution in [0.2, 0.25) is 0 Å². The number of nitrogen functional groups attached to an aromatic ring is 1. The Labute approximate surface area is 118 Å². The first-order valence-corrected chi connectivity index (χ1v) is 6.78. The van der Waals surface area contributed by atoms with Crippen LogP contribution in [0.1, 0.15) is 5.56 Å². The summed E-state index contributed by atoms with van der Waals surface area (Å²) in [7, 11) is 0. The summed E-state index contributed by atoms with van der Waals surface area (Å²) in [6.07, 6.45) is 0. The molecule has 102 valence electrons. The van der Waals surface area contributed by atoms with Crippen molar-refractivity contribution in [1.29, 1.82) is 0 Å². The fourth-order valence-corrected chi connectivity index (χ4v) is 2.56. The lowest BCUT2D eigenvalue weighted by Gasteiger charge is -2.10. The van der Waals surface area contributed by atoms with Crippen LogP contribution in [0.3, 0.4) is 0 Å². The number of nitrogens with zero attached hydrogens (tertiary/aromatic N) is 2. The smallest absolute Gasteiger partial charge is 0.241 e. The normalized spacial score (nSPS) is 10.7. The third kappa shape index (κ3) is 2.29. The molecule has 7 heteroatoms. The lowest BCUT2D eigenvalue weighted by molar-refractivity contribution is 0.276. The maximum Gasteiger partial charge on any atom is 0.241 e. The highest BCUT2D eigenvalue weighted by atomic mass is 32.1. The number of thiophene rings is 1. The number of nitrogens with one attached hydrogen (secondary N) is 1. The van der Waals surface area contributed by atoms with E-state index in [1.807, 2.05) is 23.6 Å². The molecule has 0 aliphatic carbocycles. The SMILES string of the molecule is NNc1nc(Oc2ccccc2CO)c2ccsc2n1. The minimum atomic E-state index is -0.101. The zero-order valence-corrected chi connectivity index (χ0v) is 11.2. The predicted octanol–water partition coefficient (Wildman–Crippen LogP) is 2.26. The van der Waals surface area contributed by atoms with Gasteiger partial charge in [-0.15, -0.1) is 11.3 Å². The molecule has 0 fully saturated rings. The van der Waals surface area contributed by atoms with Gasteiger partial charge in [-0.2, -0.15) is 4.98 Å². The average Bonchev–Trinajstić information content (AvgIpc) is 2.96. The summed E-state index contributed by atoms with van der Waals surface area (Å²) in [4.78, 5) is 9.24. The summed E-state index contributed by atoms with van der Waals surface area (Å²) in [6, 6.07) is 9.13. The van der Waals surface area contributed by atoms with E-state index < -0.39 is 0 Å². The van der Waals surface area contributed by atoms with Crippen molar-refractivity contribution in [3.05, 3.63) is 41.3 Å². The van der Waals surface area contributed by atoms with Crippen LogP contribution in [-0.4, -0.2) is 15.1 Å². The van der Waals surface area contributed by atoms with E-state index in [0.29, 0.717) is 17.2 Å². The van der Waals surface area contributed by atoms with Gasteiger partial charge in [-0.25, -0.2) is 10.8 Å². The molecule has 0 saturated carbocycles. The molecular formula is C13H12N4O2S. The Morgan fingerprint density at radius 2 is 2.10 bits per heavy atom. The molecule has 20 heavy (non-hydrogen) atoms. The van der Waals surface area contributed by atoms with Crippen LogP contribution in [-0.2, 0) is 6.61 Å². The number of anilines is 1. The van der Waals surface area contributed by atoms with E-state index in [1.54, 1.807) is 12.1 Å². The van der Waals surface area contributed by atoms with E-state index in [-0.39, 0.29) is 12.6 Å². The van der Waals surface area contributed by atoms with Gasteiger partial charge in [0, 0.05) is 5.56 Å². The second kappa shape index (κ2) is 5.41. The summed E-state index contributed by atoms with van der Waals surface area (Å²) in [5, 5.41) is 12.0. The summed E-state index contributed by atoms with van der Waals surface area (Å²) in [5.74, 6) is 6.62. The van der Waals surface area contributed by atoms with Gasteiger partial charge in [-0.1, -0.05) is 18.2 Å². The molecular weight excluding hydrogens is 276 g/mol. The molecule has 0 saturated heterocycles. The Balaban J connectivity index is 2.07. The van der Waals surface area contributed by atoms with Gasteiger partial charge in [0.25, 0.3) is 0 Å². The fourth-order valence-electron chi connectivity index (χ4n) is 1.81. The van der Waals surface area contributed by atoms with Gasteiger partial charge >= 0.3 is 0 Å². The van der Waals surface area contributed by atoms with E-state index in [2.05, 4.69) is 15.4 Å². The summed E-state index contributed by atoms with van der Waals surface area (Å²) < 4.78 is 5.81. The third-order valence-electron chi connectivity index (χ3n) is 2.77. The molecule has 0 aliphatic heterocycles. The van der Waals surface area contributed by atoms with E-state index in [4.69, 9.17) is 10.6 Å². The Bertz CT molecular complexity index is 744. The number of aliphatic hydroxyl groups is 1. The minimum Gasteiger partial charge on any atom is -0.438 e. The maximum atomic E-state index is 9.33. The zero-order valence-electron chi connectivity index (χ0n) is 10.4. The summed E-state index contributed by atoms with van der Waals surface area (Å²) >= 11 is 1.48. The van der Waals surface area contributed by atoms with Gasteiger partial charge in [-0.3, -0.25) is 5.43 Å². The number of nitrogens with two attached hydrogens (primary N) is 1. The fraction of sp³-hybridized carbons (Fsp3) is 0.0769. The molecule has 0 aliphatic rings. The highest BCUT2D eigenvalue weighted by molar-refractivity contribution is 7.16. The molecule has 2 heterocycles. The van der Waals surface area contributed by atoms with Crippen LogP contribution in [0.5, 0.6) is 11.6 Å². The Hall–Kier alpha value is -2.22. The van der Waals surface area contributed by atoms with Crippen LogP contribution in [0.15, 0.2) is 35.7 Å². The van der Waals surface area contributed by atoms with E-state index in [9.17, 15) is 5.11 Å². The second-order valence-electron chi connectivity index (χ2n) is 4.00. The predicted molar refractivity (Wildman–Crippen MR) is 77.7 cm³/mol. The molecule has 0 radical (unpaired) electrons. The molecule has 4 N–H and O–H groups in total. The quantitative estimate of drug-likeness (QED) is 0.503. The number of aromatic nitrogens is 2. The van der Waals surface area contributed by atoms with Crippen molar-refractivity contribution in [2.45, 2.75) is 6.61 Å². The van der Waals surface area contributed by atoms with Gasteiger partial charge in [0.15, 0.2) is 0 Å². The van der Waals surface area contributed by atoms with Crippen molar-refractivity contribution in [2.75, 3.05) is 5.43 Å². The van der Waals surface area contributed by atoms with Crippen molar-refractivity contribution in [1.82, 2.24) is 9.97 Å². The largest absolute Gasteiger partial charge is 0.438 e. The van der Waals surface area contributed by atoms with Crippen LogP contribution >= 0.6 is 11.3 Å². The lowest BCUT2D eigenvalue weighted by Crippen LogP contribution is -2.10. The number of rotatable bonds is 4. The van der Waals surface area contributed by atoms with Crippen LogP contribution in [0.4, 0.5) is 5.95 Å². The number of para-hydroxylation sites is 1. The van der Waals surface area contributed by atoms with E-state index >= 15 is 0 Å². The number of benzene rings is 1. The molecule has 1 aromatic carbocycles. The van der Waals surface area contributed by atoms with Gasteiger partial charge in [0.2, 0.25) is 11.8 Å². The number of hydrogen-bond donors (Lipinski definition) is 3. The number of fused-ring (bicyclic) bond motifs is 1. The molecule has 0 amide bonds. The van der Waals surface area contributed by atoms with Crippen LogP contribution < -0.4 is 16.0 Å². The second-order valence-corrected chi connectivity index (χ2v) is 4.90. The molecule has 3 rings (SSSR count). The standard InChI is InChI=1S/C13H12N4O2S/c14-17-13-15-11(9-5-6-20-12(9)16-13)19-10-4-2-1-3-8(10)7-18/h1-6,18H,7,14H2,(H,15,16,17). The molecule has 6 nitrogen and oxygen atoms in total. The molecule has 0 bridgehead atoms. The Kier molecular flexibility index (Phi) is 3.46. The average molecular weight is 288 g/mol. The number of hydrazine groups is 1. The number of ether oxygens (including phenoxy) is 1. The van der Waals surface area contributed by atoms with Crippen molar-refractivity contribution in [3.8, 4) is 11.6 Å². The number of hydrogen-bond acceptors (Lipinski definition) is 7. The third-order valence-corrected chi connectivity index (χ3v) is 3.58. The topological polar surface area (TPSA) is 93.3 Å². The van der Waals surface area contributed by atoms with Crippen molar-refractivity contribution < 1.29 is 9.84 Å². The first kappa shape index (κ1) is 12.8. The van der Waals surface area contributed by atoms with Gasteiger partial charge < -0.3 is 9.84 Å². The zero-order chi connectivity index (χ0) is 13.9. The van der Waals surface area contributed by atoms with Gasteiger partial charge in [0.1, 0.15) is 10.6 Å². The van der Waals surface area contributed by atoms with Gasteiger partial charge in [-0.05, 0) is 17.5 Å². The first-order chi connectivity index (χ1) is 9.81.